The Labute approximate surface area is 161 Å². The van der Waals surface area contributed by atoms with Crippen LogP contribution in [0.4, 0.5) is 16.2 Å². The minimum Gasteiger partial charge on any atom is -0.333 e. The summed E-state index contributed by atoms with van der Waals surface area (Å²) in [6.07, 6.45) is 0.269. The van der Waals surface area contributed by atoms with Crippen molar-refractivity contribution in [2.24, 2.45) is 0 Å². The molecule has 1 heterocycles. The maximum Gasteiger partial charge on any atom is 0.319 e. The number of carbonyl (C=O) groups excluding carboxylic acids is 2. The molecule has 1 fully saturated rings. The first-order valence-electron chi connectivity index (χ1n) is 8.71. The molecule has 5 nitrogen and oxygen atoms in total. The molecule has 3 amide bonds. The van der Waals surface area contributed by atoms with Gasteiger partial charge in [-0.05, 0) is 35.7 Å². The molecule has 0 radical (unpaired) electrons. The fourth-order valence-electron chi connectivity index (χ4n) is 3.35. The van der Waals surface area contributed by atoms with Crippen LogP contribution >= 0.6 is 11.6 Å². The number of hydrogen-bond donors (Lipinski definition) is 2. The highest BCUT2D eigenvalue weighted by molar-refractivity contribution is 6.30. The maximum absolute atomic E-state index is 12.4. The van der Waals surface area contributed by atoms with Crippen LogP contribution in [0.3, 0.4) is 0 Å². The van der Waals surface area contributed by atoms with Crippen LogP contribution in [0.5, 0.6) is 0 Å². The number of fused-ring (bicyclic) bond motifs is 1. The lowest BCUT2D eigenvalue weighted by molar-refractivity contribution is -0.117. The van der Waals surface area contributed by atoms with Crippen LogP contribution in [0.15, 0.2) is 66.7 Å². The van der Waals surface area contributed by atoms with E-state index in [-0.39, 0.29) is 24.4 Å². The zero-order valence-electron chi connectivity index (χ0n) is 14.5. The average molecular weight is 380 g/mol. The molecule has 0 bridgehead atoms. The van der Waals surface area contributed by atoms with Gasteiger partial charge in [-0.25, -0.2) is 4.79 Å². The van der Waals surface area contributed by atoms with E-state index in [2.05, 4.69) is 10.6 Å². The summed E-state index contributed by atoms with van der Waals surface area (Å²) in [4.78, 5) is 26.4. The number of anilines is 2. The summed E-state index contributed by atoms with van der Waals surface area (Å²) in [7, 11) is 0. The molecule has 0 saturated carbocycles. The van der Waals surface area contributed by atoms with Crippen LogP contribution in [0.1, 0.15) is 6.42 Å². The highest BCUT2D eigenvalue weighted by atomic mass is 35.5. The first-order chi connectivity index (χ1) is 13.1. The van der Waals surface area contributed by atoms with Gasteiger partial charge in [0.05, 0.1) is 11.7 Å². The Balaban J connectivity index is 1.43. The molecule has 6 heteroatoms. The van der Waals surface area contributed by atoms with Gasteiger partial charge in [0, 0.05) is 29.1 Å². The lowest BCUT2D eigenvalue weighted by atomic mass is 10.1. The molecule has 27 heavy (non-hydrogen) atoms. The average Bonchev–Trinajstić information content (AvgIpc) is 3.02. The maximum atomic E-state index is 12.4. The summed E-state index contributed by atoms with van der Waals surface area (Å²) in [5, 5.41) is 8.43. The van der Waals surface area contributed by atoms with Crippen LogP contribution in [-0.4, -0.2) is 24.5 Å². The third-order valence-electron chi connectivity index (χ3n) is 4.64. The number of amides is 3. The third kappa shape index (κ3) is 3.73. The second-order valence-corrected chi connectivity index (χ2v) is 6.94. The molecule has 0 aromatic heterocycles. The van der Waals surface area contributed by atoms with Crippen molar-refractivity contribution in [3.8, 4) is 0 Å². The summed E-state index contributed by atoms with van der Waals surface area (Å²) in [6.45, 7) is 0.434. The van der Waals surface area contributed by atoms with E-state index in [1.54, 1.807) is 29.2 Å². The standard InChI is InChI=1S/C21H18ClN3O2/c22-15-8-10-17(11-9-15)25-13-16(12-20(25)26)23-21(27)24-19-7-3-5-14-4-1-2-6-18(14)19/h1-11,16H,12-13H2,(H2,23,24,27)/t16-/m0/s1. The van der Waals surface area contributed by atoms with Crippen molar-refractivity contribution >= 4 is 45.7 Å². The zero-order chi connectivity index (χ0) is 18.8. The molecule has 1 aliphatic heterocycles. The number of carbonyl (C=O) groups is 2. The van der Waals surface area contributed by atoms with E-state index >= 15 is 0 Å². The smallest absolute Gasteiger partial charge is 0.319 e. The van der Waals surface area contributed by atoms with Crippen molar-refractivity contribution in [1.82, 2.24) is 5.32 Å². The molecule has 1 saturated heterocycles. The van der Waals surface area contributed by atoms with Gasteiger partial charge < -0.3 is 15.5 Å². The number of nitrogens with zero attached hydrogens (tertiary/aromatic N) is 1. The van der Waals surface area contributed by atoms with Gasteiger partial charge in [-0.15, -0.1) is 0 Å². The molecule has 4 rings (SSSR count). The fourth-order valence-corrected chi connectivity index (χ4v) is 3.48. The van der Waals surface area contributed by atoms with Gasteiger partial charge in [0.2, 0.25) is 5.91 Å². The monoisotopic (exact) mass is 379 g/mol. The van der Waals surface area contributed by atoms with Crippen molar-refractivity contribution in [1.29, 1.82) is 0 Å². The van der Waals surface area contributed by atoms with Crippen molar-refractivity contribution in [2.45, 2.75) is 12.5 Å². The summed E-state index contributed by atoms with van der Waals surface area (Å²) in [5.41, 5.74) is 1.52. The molecule has 1 aliphatic rings. The van der Waals surface area contributed by atoms with Gasteiger partial charge >= 0.3 is 6.03 Å². The van der Waals surface area contributed by atoms with Crippen LogP contribution in [0, 0.1) is 0 Å². The van der Waals surface area contributed by atoms with Gasteiger partial charge in [-0.3, -0.25) is 4.79 Å². The minimum absolute atomic E-state index is 0.0206. The second kappa shape index (κ2) is 7.29. The summed E-state index contributed by atoms with van der Waals surface area (Å²) in [6, 6.07) is 20.2. The fraction of sp³-hybridized carbons (Fsp3) is 0.143. The normalized spacial score (nSPS) is 16.6. The van der Waals surface area contributed by atoms with E-state index in [4.69, 9.17) is 11.6 Å². The van der Waals surface area contributed by atoms with Crippen molar-refractivity contribution in [3.05, 3.63) is 71.8 Å². The second-order valence-electron chi connectivity index (χ2n) is 6.51. The molecule has 3 aromatic rings. The summed E-state index contributed by atoms with van der Waals surface area (Å²) < 4.78 is 0. The van der Waals surface area contributed by atoms with Gasteiger partial charge in [0.25, 0.3) is 0 Å². The molecule has 136 valence electrons. The molecule has 1 atom stereocenters. The largest absolute Gasteiger partial charge is 0.333 e. The Kier molecular flexibility index (Phi) is 4.69. The van der Waals surface area contributed by atoms with Crippen molar-refractivity contribution in [2.75, 3.05) is 16.8 Å². The van der Waals surface area contributed by atoms with Gasteiger partial charge in [-0.2, -0.15) is 0 Å². The van der Waals surface area contributed by atoms with E-state index in [1.807, 2.05) is 42.5 Å². The molecular weight excluding hydrogens is 362 g/mol. The Hall–Kier alpha value is -3.05. The van der Waals surface area contributed by atoms with E-state index in [0.29, 0.717) is 11.6 Å². The first kappa shape index (κ1) is 17.4. The van der Waals surface area contributed by atoms with E-state index in [9.17, 15) is 9.59 Å². The van der Waals surface area contributed by atoms with E-state index in [1.165, 1.54) is 0 Å². The molecule has 2 N–H and O–H groups in total. The van der Waals surface area contributed by atoms with Crippen LogP contribution in [-0.2, 0) is 4.79 Å². The highest BCUT2D eigenvalue weighted by Gasteiger charge is 2.31. The van der Waals surface area contributed by atoms with E-state index < -0.39 is 0 Å². The molecule has 0 unspecified atom stereocenters. The van der Waals surface area contributed by atoms with Crippen LogP contribution < -0.4 is 15.5 Å². The van der Waals surface area contributed by atoms with Gasteiger partial charge in [0.15, 0.2) is 0 Å². The number of urea groups is 1. The molecule has 3 aromatic carbocycles. The highest BCUT2D eigenvalue weighted by Crippen LogP contribution is 2.25. The lowest BCUT2D eigenvalue weighted by Crippen LogP contribution is -2.39. The Bertz CT molecular complexity index is 998. The summed E-state index contributed by atoms with van der Waals surface area (Å²) >= 11 is 5.90. The van der Waals surface area contributed by atoms with Crippen LogP contribution in [0.25, 0.3) is 10.8 Å². The van der Waals surface area contributed by atoms with Crippen molar-refractivity contribution in [3.63, 3.8) is 0 Å². The SMILES string of the molecule is O=C(Nc1cccc2ccccc12)N[C@H]1CC(=O)N(c2ccc(Cl)cc2)C1. The predicted octanol–water partition coefficient (Wildman–Crippen LogP) is 4.42. The number of rotatable bonds is 3. The Morgan fingerprint density at radius 1 is 1.00 bits per heavy atom. The number of nitrogens with one attached hydrogen (secondary N) is 2. The minimum atomic E-state index is -0.317. The topological polar surface area (TPSA) is 61.4 Å². The number of hydrogen-bond acceptors (Lipinski definition) is 2. The first-order valence-corrected chi connectivity index (χ1v) is 9.09. The predicted molar refractivity (Wildman–Crippen MR) is 108 cm³/mol. The van der Waals surface area contributed by atoms with Gasteiger partial charge in [0.1, 0.15) is 0 Å². The number of benzene rings is 3. The van der Waals surface area contributed by atoms with E-state index in [0.717, 1.165) is 22.1 Å². The third-order valence-corrected chi connectivity index (χ3v) is 4.89. The molecule has 0 spiro atoms. The lowest BCUT2D eigenvalue weighted by Gasteiger charge is -2.17. The Morgan fingerprint density at radius 2 is 1.74 bits per heavy atom. The molecule has 0 aliphatic carbocycles. The van der Waals surface area contributed by atoms with Crippen molar-refractivity contribution < 1.29 is 9.59 Å². The van der Waals surface area contributed by atoms with Gasteiger partial charge in [-0.1, -0.05) is 48.0 Å². The summed E-state index contributed by atoms with van der Waals surface area (Å²) in [5.74, 6) is -0.0206. The zero-order valence-corrected chi connectivity index (χ0v) is 15.2. The number of halogens is 1. The Morgan fingerprint density at radius 3 is 2.56 bits per heavy atom. The molecular formula is C21H18ClN3O2. The van der Waals surface area contributed by atoms with Crippen LogP contribution in [0.2, 0.25) is 5.02 Å². The quantitative estimate of drug-likeness (QED) is 0.707.